The fourth-order valence-corrected chi connectivity index (χ4v) is 2.29. The lowest BCUT2D eigenvalue weighted by Crippen LogP contribution is -2.20. The second-order valence-corrected chi connectivity index (χ2v) is 4.83. The van der Waals surface area contributed by atoms with Crippen LogP contribution in [-0.2, 0) is 7.05 Å². The molecule has 6 nitrogen and oxygen atoms in total. The number of hydrogen-bond donors (Lipinski definition) is 2. The van der Waals surface area contributed by atoms with Gasteiger partial charge in [0.2, 0.25) is 0 Å². The predicted molar refractivity (Wildman–Crippen MR) is 86.3 cm³/mol. The van der Waals surface area contributed by atoms with E-state index in [9.17, 15) is 4.79 Å². The Morgan fingerprint density at radius 3 is 2.91 bits per heavy atom. The highest BCUT2D eigenvalue weighted by atomic mass is 16.5. The van der Waals surface area contributed by atoms with Crippen LogP contribution < -0.4 is 15.4 Å². The van der Waals surface area contributed by atoms with E-state index in [-0.39, 0.29) is 6.03 Å². The van der Waals surface area contributed by atoms with Gasteiger partial charge in [0.1, 0.15) is 11.6 Å². The SMILES string of the molecule is COc1ccnc(NC(=O)Nc2cccc3c2ccn3C)c1. The molecule has 0 saturated carbocycles. The van der Waals surface area contributed by atoms with Gasteiger partial charge in [-0.15, -0.1) is 0 Å². The largest absolute Gasteiger partial charge is 0.497 e. The van der Waals surface area contributed by atoms with Gasteiger partial charge < -0.3 is 14.6 Å². The molecule has 0 saturated heterocycles. The predicted octanol–water partition coefficient (Wildman–Crippen LogP) is 3.23. The van der Waals surface area contributed by atoms with Crippen LogP contribution in [-0.4, -0.2) is 22.7 Å². The van der Waals surface area contributed by atoms with Crippen LogP contribution in [0.15, 0.2) is 48.8 Å². The minimum Gasteiger partial charge on any atom is -0.497 e. The summed E-state index contributed by atoms with van der Waals surface area (Å²) in [5.41, 5.74) is 1.80. The smallest absolute Gasteiger partial charge is 0.324 e. The summed E-state index contributed by atoms with van der Waals surface area (Å²) in [5.74, 6) is 1.06. The van der Waals surface area contributed by atoms with Gasteiger partial charge in [0.05, 0.1) is 12.8 Å². The first-order chi connectivity index (χ1) is 10.7. The lowest BCUT2D eigenvalue weighted by atomic mass is 10.2. The van der Waals surface area contributed by atoms with Crippen LogP contribution in [0, 0.1) is 0 Å². The number of methoxy groups -OCH3 is 1. The van der Waals surface area contributed by atoms with Crippen molar-refractivity contribution in [1.29, 1.82) is 0 Å². The first-order valence-corrected chi connectivity index (χ1v) is 6.79. The van der Waals surface area contributed by atoms with Crippen LogP contribution in [0.25, 0.3) is 10.9 Å². The Kier molecular flexibility index (Phi) is 3.65. The van der Waals surface area contributed by atoms with Crippen LogP contribution in [0.4, 0.5) is 16.3 Å². The third-order valence-electron chi connectivity index (χ3n) is 3.38. The zero-order valence-corrected chi connectivity index (χ0v) is 12.3. The van der Waals surface area contributed by atoms with Crippen molar-refractivity contribution in [2.75, 3.05) is 17.7 Å². The summed E-state index contributed by atoms with van der Waals surface area (Å²) in [6, 6.07) is 10.8. The normalized spacial score (nSPS) is 10.5. The number of urea groups is 1. The molecule has 0 fully saturated rings. The number of ether oxygens (including phenoxy) is 1. The summed E-state index contributed by atoms with van der Waals surface area (Å²) < 4.78 is 7.10. The molecule has 0 spiro atoms. The topological polar surface area (TPSA) is 68.2 Å². The van der Waals surface area contributed by atoms with Gasteiger partial charge in [0.15, 0.2) is 0 Å². The fraction of sp³-hybridized carbons (Fsp3) is 0.125. The number of aromatic nitrogens is 2. The van der Waals surface area contributed by atoms with Crippen LogP contribution in [0.5, 0.6) is 5.75 Å². The molecule has 2 amide bonds. The molecule has 1 aromatic carbocycles. The van der Waals surface area contributed by atoms with Crippen molar-refractivity contribution in [3.8, 4) is 5.75 Å². The maximum atomic E-state index is 12.1. The molecule has 3 rings (SSSR count). The number of pyridine rings is 1. The Morgan fingerprint density at radius 2 is 2.09 bits per heavy atom. The number of anilines is 2. The van der Waals surface area contributed by atoms with E-state index in [0.29, 0.717) is 11.6 Å². The van der Waals surface area contributed by atoms with Gasteiger partial charge in [-0.25, -0.2) is 9.78 Å². The van der Waals surface area contributed by atoms with Crippen LogP contribution in [0.3, 0.4) is 0 Å². The number of hydrogen-bond acceptors (Lipinski definition) is 3. The summed E-state index contributed by atoms with van der Waals surface area (Å²) in [7, 11) is 3.53. The molecule has 0 aliphatic carbocycles. The zero-order chi connectivity index (χ0) is 15.5. The number of carbonyl (C=O) groups excluding carboxylic acids is 1. The third kappa shape index (κ3) is 2.71. The monoisotopic (exact) mass is 296 g/mol. The average molecular weight is 296 g/mol. The van der Waals surface area contributed by atoms with E-state index in [1.807, 2.05) is 42.1 Å². The minimum atomic E-state index is -0.350. The van der Waals surface area contributed by atoms with E-state index in [1.165, 1.54) is 0 Å². The second-order valence-electron chi connectivity index (χ2n) is 4.83. The van der Waals surface area contributed by atoms with Crippen molar-refractivity contribution in [2.24, 2.45) is 7.05 Å². The standard InChI is InChI=1S/C16H16N4O2/c1-20-9-7-12-13(4-3-5-14(12)20)18-16(21)19-15-10-11(22-2)6-8-17-15/h3-10H,1-2H3,(H2,17,18,19,21). The molecular weight excluding hydrogens is 280 g/mol. The number of amides is 2. The Bertz CT molecular complexity index is 826. The van der Waals surface area contributed by atoms with Gasteiger partial charge >= 0.3 is 6.03 Å². The highest BCUT2D eigenvalue weighted by Crippen LogP contribution is 2.24. The van der Waals surface area contributed by atoms with E-state index >= 15 is 0 Å². The summed E-state index contributed by atoms with van der Waals surface area (Å²) in [5, 5.41) is 6.51. The Morgan fingerprint density at radius 1 is 1.23 bits per heavy atom. The Balaban J connectivity index is 1.78. The number of benzene rings is 1. The van der Waals surface area contributed by atoms with E-state index in [0.717, 1.165) is 16.6 Å². The number of nitrogens with zero attached hydrogens (tertiary/aromatic N) is 2. The van der Waals surface area contributed by atoms with E-state index in [1.54, 1.807) is 25.4 Å². The van der Waals surface area contributed by atoms with Gasteiger partial charge in [-0.3, -0.25) is 5.32 Å². The number of rotatable bonds is 3. The molecule has 2 N–H and O–H groups in total. The van der Waals surface area contributed by atoms with Crippen molar-refractivity contribution in [2.45, 2.75) is 0 Å². The highest BCUT2D eigenvalue weighted by Gasteiger charge is 2.08. The molecule has 0 aliphatic heterocycles. The van der Waals surface area contributed by atoms with Gasteiger partial charge in [0.25, 0.3) is 0 Å². The lowest BCUT2D eigenvalue weighted by Gasteiger charge is -2.09. The van der Waals surface area contributed by atoms with Crippen LogP contribution >= 0.6 is 0 Å². The molecule has 0 bridgehead atoms. The molecule has 2 heterocycles. The maximum absolute atomic E-state index is 12.1. The number of aryl methyl sites for hydroxylation is 1. The molecule has 0 radical (unpaired) electrons. The zero-order valence-electron chi connectivity index (χ0n) is 12.3. The van der Waals surface area contributed by atoms with Gasteiger partial charge in [-0.2, -0.15) is 0 Å². The number of carbonyl (C=O) groups is 1. The van der Waals surface area contributed by atoms with E-state index in [2.05, 4.69) is 15.6 Å². The molecule has 0 atom stereocenters. The molecule has 3 aromatic rings. The summed E-state index contributed by atoms with van der Waals surface area (Å²) in [6.45, 7) is 0. The first kappa shape index (κ1) is 13.9. The van der Waals surface area contributed by atoms with Gasteiger partial charge in [0, 0.05) is 36.4 Å². The van der Waals surface area contributed by atoms with Crippen LogP contribution in [0.2, 0.25) is 0 Å². The molecule has 112 valence electrons. The average Bonchev–Trinajstić information content (AvgIpc) is 2.90. The Hall–Kier alpha value is -3.02. The molecule has 2 aromatic heterocycles. The molecular formula is C16H16N4O2. The van der Waals surface area contributed by atoms with Crippen molar-refractivity contribution < 1.29 is 9.53 Å². The van der Waals surface area contributed by atoms with Crippen molar-refractivity contribution in [3.63, 3.8) is 0 Å². The second kappa shape index (κ2) is 5.77. The Labute approximate surface area is 127 Å². The van der Waals surface area contributed by atoms with Crippen molar-refractivity contribution in [1.82, 2.24) is 9.55 Å². The third-order valence-corrected chi connectivity index (χ3v) is 3.38. The first-order valence-electron chi connectivity index (χ1n) is 6.79. The van der Waals surface area contributed by atoms with Crippen molar-refractivity contribution in [3.05, 3.63) is 48.8 Å². The molecule has 6 heteroatoms. The lowest BCUT2D eigenvalue weighted by molar-refractivity contribution is 0.262. The number of nitrogens with one attached hydrogen (secondary N) is 2. The van der Waals surface area contributed by atoms with E-state index in [4.69, 9.17) is 4.74 Å². The van der Waals surface area contributed by atoms with Crippen LogP contribution in [0.1, 0.15) is 0 Å². The molecule has 0 unspecified atom stereocenters. The maximum Gasteiger partial charge on any atom is 0.324 e. The highest BCUT2D eigenvalue weighted by molar-refractivity contribution is 6.05. The molecule has 0 aliphatic rings. The quantitative estimate of drug-likeness (QED) is 0.779. The van der Waals surface area contributed by atoms with E-state index < -0.39 is 0 Å². The minimum absolute atomic E-state index is 0.350. The summed E-state index contributed by atoms with van der Waals surface area (Å²) in [6.07, 6.45) is 3.53. The summed E-state index contributed by atoms with van der Waals surface area (Å²) >= 11 is 0. The van der Waals surface area contributed by atoms with Gasteiger partial charge in [-0.1, -0.05) is 6.07 Å². The fourth-order valence-electron chi connectivity index (χ4n) is 2.29. The molecule has 22 heavy (non-hydrogen) atoms. The van der Waals surface area contributed by atoms with Crippen molar-refractivity contribution >= 4 is 28.4 Å². The number of fused-ring (bicyclic) bond motifs is 1. The summed E-state index contributed by atoms with van der Waals surface area (Å²) in [4.78, 5) is 16.2. The van der Waals surface area contributed by atoms with Gasteiger partial charge in [-0.05, 0) is 24.3 Å².